The van der Waals surface area contributed by atoms with Gasteiger partial charge in [-0.3, -0.25) is 0 Å². The second-order valence-electron chi connectivity index (χ2n) is 26.7. The maximum atomic E-state index is 3.72. The molecule has 0 saturated heterocycles. The van der Waals surface area contributed by atoms with Gasteiger partial charge in [-0.1, -0.05) is 176 Å². The molecule has 0 saturated carbocycles. The minimum Gasteiger partial charge on any atom is -0.309 e. The van der Waals surface area contributed by atoms with E-state index in [9.17, 15) is 0 Å². The second-order valence-corrected chi connectivity index (χ2v) is 28.5. The van der Waals surface area contributed by atoms with Gasteiger partial charge in [0.05, 0.1) is 44.1 Å². The summed E-state index contributed by atoms with van der Waals surface area (Å²) < 4.78 is 11.8. The molecular weight excluding hydrogens is 1130 g/mol. The van der Waals surface area contributed by atoms with Crippen molar-refractivity contribution in [2.45, 2.75) is 105 Å². The molecule has 82 heavy (non-hydrogen) atoms. The summed E-state index contributed by atoms with van der Waals surface area (Å²) in [5.41, 5.74) is 20.3. The van der Waals surface area contributed by atoms with Crippen molar-refractivity contribution in [1.29, 1.82) is 0 Å². The van der Waals surface area contributed by atoms with Gasteiger partial charge < -0.3 is 18.3 Å². The van der Waals surface area contributed by atoms with Gasteiger partial charge in [0.25, 0.3) is 0 Å². The van der Waals surface area contributed by atoms with E-state index in [1.165, 1.54) is 121 Å². The van der Waals surface area contributed by atoms with Crippen molar-refractivity contribution in [2.75, 3.05) is 0 Å². The highest BCUT2D eigenvalue weighted by molar-refractivity contribution is 9.10. The first-order valence-electron chi connectivity index (χ1n) is 28.8. The first kappa shape index (κ1) is 53.7. The third kappa shape index (κ3) is 9.18. The van der Waals surface area contributed by atoms with Crippen molar-refractivity contribution in [2.24, 2.45) is 0 Å². The number of hydrogen-bond acceptors (Lipinski definition) is 0. The molecule has 0 bridgehead atoms. The quantitative estimate of drug-likeness (QED) is 0.167. The average molecular weight is 1200 g/mol. The molecular formula is C76H70Br2N4. The maximum absolute atomic E-state index is 3.72. The molecule has 0 aliphatic heterocycles. The summed E-state index contributed by atoms with van der Waals surface area (Å²) in [7, 11) is 0. The van der Waals surface area contributed by atoms with Crippen LogP contribution in [0.25, 0.3) is 110 Å². The van der Waals surface area contributed by atoms with E-state index in [0.717, 1.165) is 20.3 Å². The van der Waals surface area contributed by atoms with Crippen molar-refractivity contribution < 1.29 is 0 Å². The normalized spacial score (nSPS) is 12.8. The standard InChI is InChI=1S/C38H34Br2N2.C38H36N2/c1-37(2,3)23-7-15-33-29(19-23)31-21-25(39)9-17-35(31)41(33)27-11-13-28(14-12-27)42-34-16-8-24(38(4,5)6)20-30(34)32-22-26(40)10-18-36(32)42;1-37(2,3)25-15-21-35-31(23-25)29-11-7-9-13-33(29)39(35)27-17-19-28(20-18-27)40-34-14-10-8-12-30(34)32-24-26(38(4,5)6)16-22-36(32)40/h7-22H,1-6H3;7-24H,1-6H3. The molecule has 0 amide bonds. The van der Waals surface area contributed by atoms with E-state index in [-0.39, 0.29) is 21.7 Å². The van der Waals surface area contributed by atoms with Crippen LogP contribution in [0.2, 0.25) is 0 Å². The number of hydrogen-bond donors (Lipinski definition) is 0. The van der Waals surface area contributed by atoms with E-state index in [0.29, 0.717) is 0 Å². The number of fused-ring (bicyclic) bond motifs is 12. The SMILES string of the molecule is CC(C)(C)c1ccc2c(c1)c1cc(Br)ccc1n2-c1ccc(-n2c3ccc(Br)cc3c3cc(C(C)(C)C)ccc32)cc1.CC(C)(C)c1ccc2c(c1)c1ccccc1n2-c1ccc(-n2c3ccccc3c3cc(C(C)(C)C)ccc32)cc1. The van der Waals surface area contributed by atoms with Gasteiger partial charge in [0, 0.05) is 74.8 Å². The Bertz CT molecular complexity index is 4530. The topological polar surface area (TPSA) is 19.7 Å². The van der Waals surface area contributed by atoms with E-state index >= 15 is 0 Å². The summed E-state index contributed by atoms with van der Waals surface area (Å²) in [5, 5.41) is 10.3. The molecule has 0 unspecified atom stereocenters. The zero-order chi connectivity index (χ0) is 57.4. The van der Waals surface area contributed by atoms with Gasteiger partial charge in [0.15, 0.2) is 0 Å². The van der Waals surface area contributed by atoms with E-state index in [2.05, 4.69) is 339 Å². The van der Waals surface area contributed by atoms with Crippen LogP contribution in [0.5, 0.6) is 0 Å². The molecule has 0 aliphatic rings. The summed E-state index contributed by atoms with van der Waals surface area (Å²) in [6.45, 7) is 27.4. The van der Waals surface area contributed by atoms with Crippen molar-refractivity contribution in [3.05, 3.63) is 237 Å². The fourth-order valence-corrected chi connectivity index (χ4v) is 13.1. The van der Waals surface area contributed by atoms with E-state index < -0.39 is 0 Å². The molecule has 4 aromatic heterocycles. The fraction of sp³-hybridized carbons (Fsp3) is 0.211. The summed E-state index contributed by atoms with van der Waals surface area (Å²) in [6, 6.07) is 76.7. The lowest BCUT2D eigenvalue weighted by molar-refractivity contribution is 0.591. The van der Waals surface area contributed by atoms with Crippen LogP contribution in [0.1, 0.15) is 105 Å². The van der Waals surface area contributed by atoms with Gasteiger partial charge in [-0.15, -0.1) is 0 Å². The van der Waals surface area contributed by atoms with E-state index in [1.807, 2.05) is 0 Å². The third-order valence-corrected chi connectivity index (χ3v) is 18.0. The monoisotopic (exact) mass is 1200 g/mol. The lowest BCUT2D eigenvalue weighted by Gasteiger charge is -2.19. The Morgan fingerprint density at radius 1 is 0.220 bits per heavy atom. The van der Waals surface area contributed by atoms with Gasteiger partial charge in [-0.2, -0.15) is 0 Å². The number of nitrogens with zero attached hydrogens (tertiary/aromatic N) is 4. The zero-order valence-corrected chi connectivity index (χ0v) is 52.3. The molecule has 0 fully saturated rings. The van der Waals surface area contributed by atoms with Crippen molar-refractivity contribution in [3.8, 4) is 22.7 Å². The highest BCUT2D eigenvalue weighted by Gasteiger charge is 2.23. The number of halogens is 2. The molecule has 0 radical (unpaired) electrons. The molecule has 0 spiro atoms. The lowest BCUT2D eigenvalue weighted by Crippen LogP contribution is -2.10. The van der Waals surface area contributed by atoms with Crippen LogP contribution in [0, 0.1) is 0 Å². The van der Waals surface area contributed by atoms with Gasteiger partial charge in [-0.05, 0) is 190 Å². The number of para-hydroxylation sites is 2. The predicted octanol–water partition coefficient (Wildman–Crippen LogP) is 22.5. The van der Waals surface area contributed by atoms with Gasteiger partial charge in [-0.25, -0.2) is 0 Å². The van der Waals surface area contributed by atoms with E-state index in [1.54, 1.807) is 0 Å². The Hall–Kier alpha value is -7.64. The Labute approximate surface area is 498 Å². The molecule has 10 aromatic carbocycles. The molecule has 14 rings (SSSR count). The Morgan fingerprint density at radius 2 is 0.427 bits per heavy atom. The van der Waals surface area contributed by atoms with Crippen LogP contribution in [0.15, 0.2) is 215 Å². The van der Waals surface area contributed by atoms with Crippen LogP contribution in [0.3, 0.4) is 0 Å². The Morgan fingerprint density at radius 3 is 0.683 bits per heavy atom. The third-order valence-electron chi connectivity index (χ3n) is 17.0. The molecule has 408 valence electrons. The summed E-state index contributed by atoms with van der Waals surface area (Å²) in [4.78, 5) is 0. The molecule has 0 N–H and O–H groups in total. The molecule has 14 aromatic rings. The predicted molar refractivity (Wildman–Crippen MR) is 360 cm³/mol. The molecule has 0 aliphatic carbocycles. The number of aromatic nitrogens is 4. The molecule has 0 atom stereocenters. The Kier molecular flexibility index (Phi) is 12.8. The summed E-state index contributed by atoms with van der Waals surface area (Å²) in [5.74, 6) is 0. The van der Waals surface area contributed by atoms with Crippen LogP contribution in [0.4, 0.5) is 0 Å². The van der Waals surface area contributed by atoms with Crippen LogP contribution < -0.4 is 0 Å². The minimum absolute atomic E-state index is 0.0851. The minimum atomic E-state index is 0.0851. The summed E-state index contributed by atoms with van der Waals surface area (Å²) >= 11 is 7.43. The van der Waals surface area contributed by atoms with Crippen LogP contribution in [-0.4, -0.2) is 18.3 Å². The van der Waals surface area contributed by atoms with Gasteiger partial charge in [0.1, 0.15) is 0 Å². The molecule has 4 nitrogen and oxygen atoms in total. The highest BCUT2D eigenvalue weighted by Crippen LogP contribution is 2.42. The Balaban J connectivity index is 0.000000154. The largest absolute Gasteiger partial charge is 0.309 e. The lowest BCUT2D eigenvalue weighted by atomic mass is 9.86. The van der Waals surface area contributed by atoms with Gasteiger partial charge >= 0.3 is 0 Å². The highest BCUT2D eigenvalue weighted by atomic mass is 79.9. The van der Waals surface area contributed by atoms with Crippen LogP contribution in [-0.2, 0) is 21.7 Å². The van der Waals surface area contributed by atoms with Crippen molar-refractivity contribution >= 4 is 119 Å². The zero-order valence-electron chi connectivity index (χ0n) is 49.2. The number of benzene rings is 10. The maximum Gasteiger partial charge on any atom is 0.0541 e. The second kappa shape index (κ2) is 19.5. The molecule has 4 heterocycles. The summed E-state index contributed by atoms with van der Waals surface area (Å²) in [6.07, 6.45) is 0. The smallest absolute Gasteiger partial charge is 0.0541 e. The number of rotatable bonds is 4. The average Bonchev–Trinajstić information content (AvgIpc) is 4.37. The van der Waals surface area contributed by atoms with Crippen molar-refractivity contribution in [3.63, 3.8) is 0 Å². The first-order chi connectivity index (χ1) is 39.0. The van der Waals surface area contributed by atoms with Gasteiger partial charge in [0.2, 0.25) is 0 Å². The first-order valence-corrected chi connectivity index (χ1v) is 30.4. The van der Waals surface area contributed by atoms with Crippen molar-refractivity contribution in [1.82, 2.24) is 18.3 Å². The fourth-order valence-electron chi connectivity index (χ4n) is 12.4. The van der Waals surface area contributed by atoms with E-state index in [4.69, 9.17) is 0 Å². The molecule has 6 heteroatoms. The van der Waals surface area contributed by atoms with Crippen LogP contribution >= 0.6 is 31.9 Å².